The van der Waals surface area contributed by atoms with Crippen LogP contribution in [0.25, 0.3) is 22.3 Å². The molecule has 4 atom stereocenters. The van der Waals surface area contributed by atoms with Gasteiger partial charge in [-0.1, -0.05) is 48.5 Å². The first-order chi connectivity index (χ1) is 16.7. The van der Waals surface area contributed by atoms with Gasteiger partial charge in [-0.2, -0.15) is 0 Å². The first kappa shape index (κ1) is 21.2. The maximum Gasteiger partial charge on any atom is 0.167 e. The second kappa shape index (κ2) is 8.44. The zero-order valence-electron chi connectivity index (χ0n) is 18.6. The molecule has 0 bridgehead atoms. The molecule has 174 valence electrons. The van der Waals surface area contributed by atoms with Gasteiger partial charge in [0.15, 0.2) is 23.2 Å². The average Bonchev–Trinajstić information content (AvgIpc) is 3.54. The summed E-state index contributed by atoms with van der Waals surface area (Å²) in [5, 5.41) is 23.4. The van der Waals surface area contributed by atoms with Crippen molar-refractivity contribution in [1.82, 2.24) is 19.5 Å². The molecule has 2 aromatic carbocycles. The molecule has 4 aromatic rings. The highest BCUT2D eigenvalue weighted by molar-refractivity contribution is 5.83. The van der Waals surface area contributed by atoms with Gasteiger partial charge in [-0.15, -0.1) is 0 Å². The van der Waals surface area contributed by atoms with E-state index in [2.05, 4.69) is 68.8 Å². The Kier molecular flexibility index (Phi) is 5.26. The second-order valence-electron chi connectivity index (χ2n) is 8.59. The molecule has 0 spiro atoms. The van der Waals surface area contributed by atoms with Crippen molar-refractivity contribution in [2.75, 3.05) is 25.6 Å². The summed E-state index contributed by atoms with van der Waals surface area (Å²) in [6, 6.07) is 17.0. The van der Waals surface area contributed by atoms with Gasteiger partial charge in [-0.05, 0) is 22.3 Å². The number of methoxy groups -OCH3 is 1. The van der Waals surface area contributed by atoms with Crippen LogP contribution in [0.1, 0.15) is 23.3 Å². The highest BCUT2D eigenvalue weighted by atomic mass is 16.6. The Bertz CT molecular complexity index is 1300. The van der Waals surface area contributed by atoms with Crippen molar-refractivity contribution in [3.05, 3.63) is 72.3 Å². The molecular formula is C25H25N5O4. The highest BCUT2D eigenvalue weighted by Gasteiger charge is 2.45. The number of aliphatic hydroxyl groups excluding tert-OH is 2. The van der Waals surface area contributed by atoms with Crippen LogP contribution in [0.5, 0.6) is 0 Å². The Morgan fingerprint density at radius 1 is 1.03 bits per heavy atom. The van der Waals surface area contributed by atoms with Gasteiger partial charge in [0.2, 0.25) is 0 Å². The Balaban J connectivity index is 1.30. The van der Waals surface area contributed by atoms with Crippen LogP contribution in [-0.4, -0.2) is 68.3 Å². The van der Waals surface area contributed by atoms with Crippen LogP contribution >= 0.6 is 0 Å². The number of hydrogen-bond donors (Lipinski definition) is 3. The monoisotopic (exact) mass is 459 g/mol. The van der Waals surface area contributed by atoms with Crippen molar-refractivity contribution in [2.45, 2.75) is 30.5 Å². The van der Waals surface area contributed by atoms with Crippen LogP contribution < -0.4 is 5.32 Å². The fourth-order valence-corrected chi connectivity index (χ4v) is 5.19. The summed E-state index contributed by atoms with van der Waals surface area (Å²) < 4.78 is 13.0. The first-order valence-corrected chi connectivity index (χ1v) is 11.3. The van der Waals surface area contributed by atoms with E-state index in [1.165, 1.54) is 35.7 Å². The van der Waals surface area contributed by atoms with Gasteiger partial charge in [0.05, 0.1) is 12.9 Å². The minimum Gasteiger partial charge on any atom is -0.394 e. The van der Waals surface area contributed by atoms with Gasteiger partial charge >= 0.3 is 0 Å². The van der Waals surface area contributed by atoms with Crippen LogP contribution in [0.2, 0.25) is 0 Å². The molecule has 0 saturated carbocycles. The Hall–Kier alpha value is -3.37. The molecule has 1 aliphatic carbocycles. The fourth-order valence-electron chi connectivity index (χ4n) is 5.19. The third-order valence-electron chi connectivity index (χ3n) is 6.83. The SMILES string of the molecule is CO[C@@H]1[C@H](O)[C@@H](CO)O[C@H]1n1cnc2c(NCC3c4ccccc4-c4ccccc43)ncnc21. The highest BCUT2D eigenvalue weighted by Crippen LogP contribution is 2.44. The lowest BCUT2D eigenvalue weighted by Crippen LogP contribution is -2.34. The predicted octanol–water partition coefficient (Wildman–Crippen LogP) is 2.32. The summed E-state index contributed by atoms with van der Waals surface area (Å²) in [4.78, 5) is 13.4. The zero-order valence-corrected chi connectivity index (χ0v) is 18.6. The number of hydrogen-bond acceptors (Lipinski definition) is 8. The summed E-state index contributed by atoms with van der Waals surface area (Å²) in [6.45, 7) is 0.342. The van der Waals surface area contributed by atoms with E-state index in [1.807, 2.05) is 0 Å². The third-order valence-corrected chi connectivity index (χ3v) is 6.83. The molecule has 3 heterocycles. The number of aromatic nitrogens is 4. The van der Waals surface area contributed by atoms with Crippen molar-refractivity contribution in [1.29, 1.82) is 0 Å². The molecule has 1 aliphatic heterocycles. The van der Waals surface area contributed by atoms with Crippen LogP contribution in [0.4, 0.5) is 5.82 Å². The van der Waals surface area contributed by atoms with Gasteiger partial charge in [-0.3, -0.25) is 4.57 Å². The smallest absolute Gasteiger partial charge is 0.167 e. The largest absolute Gasteiger partial charge is 0.394 e. The van der Waals surface area contributed by atoms with Crippen LogP contribution in [0.3, 0.4) is 0 Å². The molecule has 0 unspecified atom stereocenters. The van der Waals surface area contributed by atoms with Gasteiger partial charge < -0.3 is 25.0 Å². The molecule has 2 aromatic heterocycles. The van der Waals surface area contributed by atoms with E-state index in [4.69, 9.17) is 9.47 Å². The van der Waals surface area contributed by atoms with Crippen molar-refractivity contribution < 1.29 is 19.7 Å². The molecule has 3 N–H and O–H groups in total. The molecule has 0 amide bonds. The number of nitrogens with zero attached hydrogens (tertiary/aromatic N) is 4. The molecule has 1 saturated heterocycles. The summed E-state index contributed by atoms with van der Waals surface area (Å²) >= 11 is 0. The molecule has 1 fully saturated rings. The van der Waals surface area contributed by atoms with Crippen LogP contribution in [0, 0.1) is 0 Å². The molecule has 6 rings (SSSR count). The quantitative estimate of drug-likeness (QED) is 0.403. The topological polar surface area (TPSA) is 115 Å². The number of fused-ring (bicyclic) bond motifs is 4. The number of aliphatic hydroxyl groups is 2. The Morgan fingerprint density at radius 2 is 1.74 bits per heavy atom. The molecule has 0 radical (unpaired) electrons. The van der Waals surface area contributed by atoms with Crippen LogP contribution in [-0.2, 0) is 9.47 Å². The van der Waals surface area contributed by atoms with Crippen molar-refractivity contribution in [2.24, 2.45) is 0 Å². The lowest BCUT2D eigenvalue weighted by Gasteiger charge is -2.20. The fraction of sp³-hybridized carbons (Fsp3) is 0.320. The number of benzene rings is 2. The number of ether oxygens (including phenoxy) is 2. The van der Waals surface area contributed by atoms with E-state index >= 15 is 0 Å². The minimum absolute atomic E-state index is 0.191. The molecule has 34 heavy (non-hydrogen) atoms. The molecule has 2 aliphatic rings. The van der Waals surface area contributed by atoms with E-state index < -0.39 is 24.5 Å². The lowest BCUT2D eigenvalue weighted by atomic mass is 9.97. The molecule has 9 nitrogen and oxygen atoms in total. The first-order valence-electron chi connectivity index (χ1n) is 11.3. The number of anilines is 1. The Morgan fingerprint density at radius 3 is 2.41 bits per heavy atom. The Labute approximate surface area is 196 Å². The number of nitrogens with one attached hydrogen (secondary N) is 1. The van der Waals surface area contributed by atoms with Crippen molar-refractivity contribution in [3.63, 3.8) is 0 Å². The predicted molar refractivity (Wildman–Crippen MR) is 125 cm³/mol. The molecule has 9 heteroatoms. The standard InChI is InChI=1S/C25H25N5O4/c1-33-22-21(32)19(11-31)34-25(22)30-13-29-20-23(27-12-28-24(20)30)26-10-18-16-8-4-2-6-14(16)15-7-3-5-9-17(15)18/h2-9,12-13,18-19,21-22,25,31-32H,10-11H2,1H3,(H,26,27,28)/t19-,21-,22-,25-/m1/s1. The minimum atomic E-state index is -0.959. The van der Waals surface area contributed by atoms with E-state index in [-0.39, 0.29) is 12.5 Å². The van der Waals surface area contributed by atoms with E-state index in [1.54, 1.807) is 10.9 Å². The number of imidazole rings is 1. The van der Waals surface area contributed by atoms with E-state index in [0.717, 1.165) is 0 Å². The van der Waals surface area contributed by atoms with Crippen LogP contribution in [0.15, 0.2) is 61.2 Å². The second-order valence-corrected chi connectivity index (χ2v) is 8.59. The molecular weight excluding hydrogens is 434 g/mol. The van der Waals surface area contributed by atoms with E-state index in [9.17, 15) is 10.2 Å². The van der Waals surface area contributed by atoms with Gasteiger partial charge in [-0.25, -0.2) is 15.0 Å². The van der Waals surface area contributed by atoms with Crippen molar-refractivity contribution in [3.8, 4) is 11.1 Å². The normalized spacial score (nSPS) is 23.9. The van der Waals surface area contributed by atoms with E-state index in [0.29, 0.717) is 23.5 Å². The van der Waals surface area contributed by atoms with Crippen molar-refractivity contribution >= 4 is 17.0 Å². The summed E-state index contributed by atoms with van der Waals surface area (Å²) in [6.07, 6.45) is 0.0591. The summed E-state index contributed by atoms with van der Waals surface area (Å²) in [5.41, 5.74) is 6.27. The number of rotatable bonds is 6. The maximum absolute atomic E-state index is 10.4. The third kappa shape index (κ3) is 3.20. The average molecular weight is 460 g/mol. The zero-order chi connectivity index (χ0) is 23.2. The lowest BCUT2D eigenvalue weighted by molar-refractivity contribution is -0.0583. The van der Waals surface area contributed by atoms with Gasteiger partial charge in [0.25, 0.3) is 0 Å². The van der Waals surface area contributed by atoms with Gasteiger partial charge in [0.1, 0.15) is 24.6 Å². The summed E-state index contributed by atoms with van der Waals surface area (Å²) in [7, 11) is 1.50. The van der Waals surface area contributed by atoms with Gasteiger partial charge in [0, 0.05) is 19.6 Å². The summed E-state index contributed by atoms with van der Waals surface area (Å²) in [5.74, 6) is 0.813. The maximum atomic E-state index is 10.4.